The fourth-order valence-electron chi connectivity index (χ4n) is 0.905. The Morgan fingerprint density at radius 1 is 1.36 bits per heavy atom. The van der Waals surface area contributed by atoms with Gasteiger partial charge in [0.05, 0.1) is 0 Å². The summed E-state index contributed by atoms with van der Waals surface area (Å²) in [5, 5.41) is 14.6. The van der Waals surface area contributed by atoms with Crippen LogP contribution in [0.25, 0.3) is 0 Å². The van der Waals surface area contributed by atoms with Crippen molar-refractivity contribution in [3.05, 3.63) is 35.5 Å². The summed E-state index contributed by atoms with van der Waals surface area (Å²) in [6.45, 7) is 2.54. The largest absolute Gasteiger partial charge is 0.592 e. The first-order valence-electron chi connectivity index (χ1n) is 4.70. The number of para-hydroxylation sites is 1. The Kier molecular flexibility index (Phi) is 4.47. The van der Waals surface area contributed by atoms with Crippen molar-refractivity contribution in [1.82, 2.24) is 0 Å². The SMILES string of the molecule is CCCCO/N=[N+](\[O-])c1ccccc1. The van der Waals surface area contributed by atoms with Crippen LogP contribution in [0.15, 0.2) is 35.6 Å². The van der Waals surface area contributed by atoms with Gasteiger partial charge in [-0.25, -0.2) is 0 Å². The zero-order valence-electron chi connectivity index (χ0n) is 8.22. The van der Waals surface area contributed by atoms with Gasteiger partial charge in [0, 0.05) is 12.1 Å². The summed E-state index contributed by atoms with van der Waals surface area (Å²) in [6, 6.07) is 8.76. The van der Waals surface area contributed by atoms with E-state index in [2.05, 4.69) is 12.2 Å². The summed E-state index contributed by atoms with van der Waals surface area (Å²) in [5.74, 6) is 0. The minimum Gasteiger partial charge on any atom is -0.592 e. The molecule has 0 unspecified atom stereocenters. The highest BCUT2D eigenvalue weighted by Gasteiger charge is 2.00. The molecule has 76 valence electrons. The number of benzene rings is 1. The standard InChI is InChI=1S/C10H14N2O2/c1-2-3-9-14-11-12(13)10-7-5-4-6-8-10/h4-8H,2-3,9H2,1H3/b12-11-. The highest BCUT2D eigenvalue weighted by Crippen LogP contribution is 2.09. The molecule has 0 bridgehead atoms. The number of nitrogens with zero attached hydrogens (tertiary/aromatic N) is 2. The van der Waals surface area contributed by atoms with Gasteiger partial charge >= 0.3 is 0 Å². The zero-order valence-corrected chi connectivity index (χ0v) is 8.22. The Labute approximate surface area is 83.4 Å². The summed E-state index contributed by atoms with van der Waals surface area (Å²) in [7, 11) is 0. The molecule has 0 radical (unpaired) electrons. The maximum Gasteiger partial charge on any atom is 0.248 e. The minimum absolute atomic E-state index is 0.476. The molecule has 14 heavy (non-hydrogen) atoms. The predicted molar refractivity (Wildman–Crippen MR) is 53.0 cm³/mol. The first-order valence-corrected chi connectivity index (χ1v) is 4.70. The van der Waals surface area contributed by atoms with Gasteiger partial charge in [-0.15, -0.1) is 0 Å². The van der Waals surface area contributed by atoms with E-state index in [-0.39, 0.29) is 0 Å². The molecular formula is C10H14N2O2. The van der Waals surface area contributed by atoms with Crippen LogP contribution in [-0.4, -0.2) is 11.5 Å². The molecule has 0 amide bonds. The fourth-order valence-corrected chi connectivity index (χ4v) is 0.905. The lowest BCUT2D eigenvalue weighted by Gasteiger charge is -1.98. The molecular weight excluding hydrogens is 180 g/mol. The summed E-state index contributed by atoms with van der Waals surface area (Å²) in [4.78, 5) is 5.31. The molecule has 0 aliphatic heterocycles. The van der Waals surface area contributed by atoms with E-state index in [1.165, 1.54) is 0 Å². The van der Waals surface area contributed by atoms with E-state index in [0.717, 1.165) is 12.8 Å². The van der Waals surface area contributed by atoms with Crippen molar-refractivity contribution in [2.75, 3.05) is 6.61 Å². The van der Waals surface area contributed by atoms with Gasteiger partial charge in [0.2, 0.25) is 11.0 Å². The van der Waals surface area contributed by atoms with Crippen LogP contribution in [0, 0.1) is 5.21 Å². The minimum atomic E-state index is 0.476. The van der Waals surface area contributed by atoms with E-state index in [0.29, 0.717) is 17.2 Å². The van der Waals surface area contributed by atoms with Crippen LogP contribution in [0.4, 0.5) is 5.69 Å². The summed E-state index contributed by atoms with van der Waals surface area (Å²) < 4.78 is 0. The summed E-state index contributed by atoms with van der Waals surface area (Å²) in [6.07, 6.45) is 1.94. The molecule has 0 fully saturated rings. The van der Waals surface area contributed by atoms with Gasteiger partial charge in [-0.1, -0.05) is 31.5 Å². The van der Waals surface area contributed by atoms with Gasteiger partial charge in [-0.05, 0) is 11.3 Å². The highest BCUT2D eigenvalue weighted by atomic mass is 16.7. The van der Waals surface area contributed by atoms with Crippen molar-refractivity contribution in [3.8, 4) is 0 Å². The van der Waals surface area contributed by atoms with Crippen LogP contribution in [0.3, 0.4) is 0 Å². The van der Waals surface area contributed by atoms with Gasteiger partial charge in [0.25, 0.3) is 0 Å². The second-order valence-corrected chi connectivity index (χ2v) is 2.88. The Balaban J connectivity index is 2.44. The molecule has 0 aliphatic carbocycles. The molecule has 0 saturated carbocycles. The van der Waals surface area contributed by atoms with Crippen molar-refractivity contribution in [2.24, 2.45) is 5.28 Å². The second kappa shape index (κ2) is 5.96. The van der Waals surface area contributed by atoms with Crippen molar-refractivity contribution < 1.29 is 9.70 Å². The second-order valence-electron chi connectivity index (χ2n) is 2.88. The van der Waals surface area contributed by atoms with Crippen molar-refractivity contribution in [1.29, 1.82) is 0 Å². The smallest absolute Gasteiger partial charge is 0.248 e. The van der Waals surface area contributed by atoms with E-state index in [4.69, 9.17) is 4.84 Å². The topological polar surface area (TPSA) is 47.7 Å². The third-order valence-corrected chi connectivity index (χ3v) is 1.70. The molecule has 0 spiro atoms. The number of hydrogen-bond donors (Lipinski definition) is 0. The van der Waals surface area contributed by atoms with E-state index in [1.54, 1.807) is 24.3 Å². The van der Waals surface area contributed by atoms with Crippen molar-refractivity contribution in [2.45, 2.75) is 19.8 Å². The normalized spacial score (nSPS) is 11.4. The quantitative estimate of drug-likeness (QED) is 0.313. The number of unbranched alkanes of at least 4 members (excludes halogenated alkanes) is 1. The van der Waals surface area contributed by atoms with Gasteiger partial charge in [0.1, 0.15) is 6.61 Å². The average Bonchev–Trinajstić information content (AvgIpc) is 2.25. The number of rotatable bonds is 5. The van der Waals surface area contributed by atoms with Crippen molar-refractivity contribution in [3.63, 3.8) is 0 Å². The molecule has 0 N–H and O–H groups in total. The third kappa shape index (κ3) is 3.43. The lowest BCUT2D eigenvalue weighted by Crippen LogP contribution is -1.94. The van der Waals surface area contributed by atoms with E-state index in [1.807, 2.05) is 6.07 Å². The summed E-state index contributed by atoms with van der Waals surface area (Å²) in [5.41, 5.74) is 0.476. The first kappa shape index (κ1) is 10.5. The van der Waals surface area contributed by atoms with Crippen LogP contribution in [-0.2, 0) is 4.84 Å². The molecule has 0 atom stereocenters. The molecule has 0 heterocycles. The monoisotopic (exact) mass is 194 g/mol. The van der Waals surface area contributed by atoms with Crippen LogP contribution in [0.5, 0.6) is 0 Å². The van der Waals surface area contributed by atoms with Gasteiger partial charge < -0.3 is 10.0 Å². The molecule has 4 nitrogen and oxygen atoms in total. The Morgan fingerprint density at radius 2 is 2.07 bits per heavy atom. The first-order chi connectivity index (χ1) is 6.84. The number of hydrogen-bond acceptors (Lipinski definition) is 3. The molecule has 0 saturated heterocycles. The van der Waals surface area contributed by atoms with Crippen LogP contribution < -0.4 is 0 Å². The Morgan fingerprint density at radius 3 is 2.71 bits per heavy atom. The summed E-state index contributed by atoms with van der Waals surface area (Å²) >= 11 is 0. The van der Waals surface area contributed by atoms with E-state index in [9.17, 15) is 5.21 Å². The van der Waals surface area contributed by atoms with Gasteiger partial charge in [-0.2, -0.15) is 0 Å². The Hall–Kier alpha value is -1.58. The van der Waals surface area contributed by atoms with Gasteiger partial charge in [0.15, 0.2) is 0 Å². The predicted octanol–water partition coefficient (Wildman–Crippen LogP) is 3.01. The molecule has 4 heteroatoms. The Bertz CT molecular complexity index is 285. The van der Waals surface area contributed by atoms with Crippen LogP contribution in [0.2, 0.25) is 0 Å². The third-order valence-electron chi connectivity index (χ3n) is 1.70. The molecule has 1 aromatic carbocycles. The van der Waals surface area contributed by atoms with Crippen LogP contribution >= 0.6 is 0 Å². The van der Waals surface area contributed by atoms with Gasteiger partial charge in [-0.3, -0.25) is 0 Å². The van der Waals surface area contributed by atoms with Crippen molar-refractivity contribution >= 4 is 5.69 Å². The molecule has 0 aromatic heterocycles. The lowest BCUT2D eigenvalue weighted by atomic mass is 10.3. The van der Waals surface area contributed by atoms with E-state index < -0.39 is 0 Å². The van der Waals surface area contributed by atoms with Crippen LogP contribution in [0.1, 0.15) is 19.8 Å². The molecule has 1 aromatic rings. The fraction of sp³-hybridized carbons (Fsp3) is 0.400. The maximum absolute atomic E-state index is 11.2. The highest BCUT2D eigenvalue weighted by molar-refractivity contribution is 5.27. The maximum atomic E-state index is 11.2. The van der Waals surface area contributed by atoms with E-state index >= 15 is 0 Å². The zero-order chi connectivity index (χ0) is 10.2. The molecule has 0 aliphatic rings. The molecule has 1 rings (SSSR count). The average molecular weight is 194 g/mol. The lowest BCUT2D eigenvalue weighted by molar-refractivity contribution is -0.478.